The van der Waals surface area contributed by atoms with Crippen molar-refractivity contribution in [1.29, 1.82) is 0 Å². The predicted octanol–water partition coefficient (Wildman–Crippen LogP) is 4.28. The number of rotatable bonds is 4. The minimum absolute atomic E-state index is 0.237. The molecule has 4 nitrogen and oxygen atoms in total. The lowest BCUT2D eigenvalue weighted by molar-refractivity contribution is -0.174. The van der Waals surface area contributed by atoms with Crippen LogP contribution in [0, 0.1) is 23.7 Å². The zero-order chi connectivity index (χ0) is 19.1. The van der Waals surface area contributed by atoms with Gasteiger partial charge in [0, 0.05) is 12.8 Å². The molecule has 0 saturated heterocycles. The van der Waals surface area contributed by atoms with E-state index < -0.39 is 11.2 Å². The number of carbonyl (C=O) groups excluding carboxylic acids is 2. The van der Waals surface area contributed by atoms with Gasteiger partial charge in [-0.05, 0) is 57.1 Å². The summed E-state index contributed by atoms with van der Waals surface area (Å²) in [4.78, 5) is 26.2. The van der Waals surface area contributed by atoms with Crippen LogP contribution in [-0.2, 0) is 19.1 Å². The fourth-order valence-corrected chi connectivity index (χ4v) is 5.13. The molecule has 2 saturated carbocycles. The molecule has 144 valence electrons. The van der Waals surface area contributed by atoms with Crippen LogP contribution in [-0.4, -0.2) is 23.1 Å². The Bertz CT molecular complexity index is 683. The maximum absolute atomic E-state index is 13.1. The van der Waals surface area contributed by atoms with E-state index >= 15 is 0 Å². The van der Waals surface area contributed by atoms with Crippen LogP contribution >= 0.6 is 0 Å². The minimum Gasteiger partial charge on any atom is -0.455 e. The fourth-order valence-electron chi connectivity index (χ4n) is 5.13. The molecule has 2 fully saturated rings. The third-order valence-corrected chi connectivity index (χ3v) is 6.57. The van der Waals surface area contributed by atoms with Crippen molar-refractivity contribution in [1.82, 2.24) is 0 Å². The molecule has 0 aromatic heterocycles. The van der Waals surface area contributed by atoms with Crippen LogP contribution in [0.15, 0.2) is 48.6 Å². The predicted molar refractivity (Wildman–Crippen MR) is 103 cm³/mol. The molecule has 0 aliphatic heterocycles. The van der Waals surface area contributed by atoms with E-state index in [9.17, 15) is 9.59 Å². The van der Waals surface area contributed by atoms with Crippen molar-refractivity contribution in [3.8, 4) is 0 Å². The second kappa shape index (κ2) is 6.81. The average molecular weight is 368 g/mol. The first-order chi connectivity index (χ1) is 12.9. The van der Waals surface area contributed by atoms with Gasteiger partial charge in [0.25, 0.3) is 0 Å². The summed E-state index contributed by atoms with van der Waals surface area (Å²) in [6, 6.07) is 0. The van der Waals surface area contributed by atoms with Crippen LogP contribution in [0.25, 0.3) is 0 Å². The minimum atomic E-state index is -0.620. The summed E-state index contributed by atoms with van der Waals surface area (Å²) < 4.78 is 11.8. The van der Waals surface area contributed by atoms with Crippen LogP contribution in [0.2, 0.25) is 0 Å². The molecule has 0 radical (unpaired) electrons. The van der Waals surface area contributed by atoms with Gasteiger partial charge in [0.05, 0.1) is 11.8 Å². The summed E-state index contributed by atoms with van der Waals surface area (Å²) in [5, 5.41) is 0. The van der Waals surface area contributed by atoms with E-state index in [1.165, 1.54) is 0 Å². The molecule has 4 rings (SSSR count). The second-order valence-electron chi connectivity index (χ2n) is 8.84. The van der Waals surface area contributed by atoms with Gasteiger partial charge in [-0.25, -0.2) is 0 Å². The summed E-state index contributed by atoms with van der Waals surface area (Å²) in [7, 11) is 0. The number of hydrogen-bond donors (Lipinski definition) is 0. The molecular formula is C23H28O4. The van der Waals surface area contributed by atoms with Crippen molar-refractivity contribution in [2.45, 2.75) is 57.2 Å². The van der Waals surface area contributed by atoms with E-state index in [0.29, 0.717) is 12.8 Å². The van der Waals surface area contributed by atoms with Gasteiger partial charge in [-0.1, -0.05) is 36.5 Å². The smallest absolute Gasteiger partial charge is 0.310 e. The van der Waals surface area contributed by atoms with Gasteiger partial charge in [0.15, 0.2) is 0 Å². The maximum Gasteiger partial charge on any atom is 0.310 e. The van der Waals surface area contributed by atoms with Gasteiger partial charge in [-0.15, -0.1) is 0 Å². The Morgan fingerprint density at radius 2 is 1.22 bits per heavy atom. The number of fused-ring (bicyclic) bond motifs is 2. The number of hydrogen-bond acceptors (Lipinski definition) is 4. The Kier molecular flexibility index (Phi) is 4.61. The Balaban J connectivity index is 1.49. The first-order valence-electron chi connectivity index (χ1n) is 10.0. The first-order valence-corrected chi connectivity index (χ1v) is 10.0. The van der Waals surface area contributed by atoms with Crippen molar-refractivity contribution in [3.05, 3.63) is 48.6 Å². The lowest BCUT2D eigenvalue weighted by atomic mass is 9.79. The molecule has 0 N–H and O–H groups in total. The summed E-state index contributed by atoms with van der Waals surface area (Å²) in [5.41, 5.74) is -1.24. The monoisotopic (exact) mass is 368 g/mol. The Labute approximate surface area is 161 Å². The lowest BCUT2D eigenvalue weighted by Gasteiger charge is -2.35. The van der Waals surface area contributed by atoms with E-state index in [1.54, 1.807) is 0 Å². The summed E-state index contributed by atoms with van der Waals surface area (Å²) in [6.45, 7) is 3.84. The van der Waals surface area contributed by atoms with E-state index in [1.807, 2.05) is 62.5 Å². The van der Waals surface area contributed by atoms with Crippen LogP contribution in [0.5, 0.6) is 0 Å². The van der Waals surface area contributed by atoms with Crippen molar-refractivity contribution in [2.75, 3.05) is 0 Å². The van der Waals surface area contributed by atoms with Gasteiger partial charge in [-0.2, -0.15) is 0 Å². The molecular weight excluding hydrogens is 340 g/mol. The Morgan fingerprint density at radius 3 is 1.59 bits per heavy atom. The van der Waals surface area contributed by atoms with Gasteiger partial charge in [-0.3, -0.25) is 9.59 Å². The molecule has 0 amide bonds. The quantitative estimate of drug-likeness (QED) is 0.695. The lowest BCUT2D eigenvalue weighted by Crippen LogP contribution is -2.43. The fraction of sp³-hybridized carbons (Fsp3) is 0.565. The average Bonchev–Trinajstić information content (AvgIpc) is 3.23. The first kappa shape index (κ1) is 18.3. The van der Waals surface area contributed by atoms with Gasteiger partial charge >= 0.3 is 11.9 Å². The molecule has 6 unspecified atom stereocenters. The third kappa shape index (κ3) is 3.54. The highest BCUT2D eigenvalue weighted by Crippen LogP contribution is 2.54. The van der Waals surface area contributed by atoms with Crippen LogP contribution in [0.3, 0.4) is 0 Å². The number of esters is 2. The van der Waals surface area contributed by atoms with Gasteiger partial charge in [0.1, 0.15) is 11.2 Å². The molecule has 0 spiro atoms. The highest BCUT2D eigenvalue weighted by atomic mass is 16.6. The van der Waals surface area contributed by atoms with Crippen molar-refractivity contribution in [3.63, 3.8) is 0 Å². The van der Waals surface area contributed by atoms with Crippen molar-refractivity contribution in [2.24, 2.45) is 23.7 Å². The molecule has 0 aromatic carbocycles. The van der Waals surface area contributed by atoms with E-state index in [0.717, 1.165) is 19.3 Å². The number of ether oxygens (including phenoxy) is 2. The Hall–Kier alpha value is -2.10. The van der Waals surface area contributed by atoms with E-state index in [4.69, 9.17) is 9.47 Å². The number of allylic oxidation sites excluding steroid dienone is 4. The summed E-state index contributed by atoms with van der Waals surface area (Å²) in [6.07, 6.45) is 19.9. The Morgan fingerprint density at radius 1 is 0.778 bits per heavy atom. The molecule has 4 aliphatic rings. The number of carbonyl (C=O) groups is 2. The van der Waals surface area contributed by atoms with Crippen LogP contribution in [0.1, 0.15) is 46.0 Å². The summed E-state index contributed by atoms with van der Waals surface area (Å²) in [5.74, 6) is -0.757. The molecule has 2 bridgehead atoms. The molecule has 27 heavy (non-hydrogen) atoms. The van der Waals surface area contributed by atoms with Gasteiger partial charge < -0.3 is 9.47 Å². The zero-order valence-electron chi connectivity index (χ0n) is 16.1. The zero-order valence-corrected chi connectivity index (χ0v) is 16.1. The molecule has 4 aliphatic carbocycles. The van der Waals surface area contributed by atoms with Crippen LogP contribution in [0.4, 0.5) is 0 Å². The topological polar surface area (TPSA) is 52.6 Å². The normalized spacial score (nSPS) is 41.7. The SMILES string of the molecule is CC1(OC(=O)C2C3CCC(C3)C2C(=O)OC2(C)C=CC=CC2)C=CC=CC1. The largest absolute Gasteiger partial charge is 0.455 e. The summed E-state index contributed by atoms with van der Waals surface area (Å²) >= 11 is 0. The highest BCUT2D eigenvalue weighted by Gasteiger charge is 2.56. The maximum atomic E-state index is 13.1. The van der Waals surface area contributed by atoms with E-state index in [2.05, 4.69) is 0 Å². The second-order valence-corrected chi connectivity index (χ2v) is 8.84. The highest BCUT2D eigenvalue weighted by molar-refractivity contribution is 5.84. The van der Waals surface area contributed by atoms with Crippen LogP contribution < -0.4 is 0 Å². The van der Waals surface area contributed by atoms with Crippen molar-refractivity contribution >= 4 is 11.9 Å². The molecule has 6 atom stereocenters. The van der Waals surface area contributed by atoms with E-state index in [-0.39, 0.29) is 35.6 Å². The standard InChI is InChI=1S/C23H28O4/c1-22(11-5-3-6-12-22)26-20(24)18-16-9-10-17(15-16)19(18)21(25)27-23(2)13-7-4-8-14-23/h3-8,11,13,16-19H,9-10,12,14-15H2,1-2H3. The third-order valence-electron chi connectivity index (χ3n) is 6.57. The molecule has 0 heterocycles. The van der Waals surface area contributed by atoms with Crippen molar-refractivity contribution < 1.29 is 19.1 Å². The molecule has 4 heteroatoms. The molecule has 0 aromatic rings. The van der Waals surface area contributed by atoms with Gasteiger partial charge in [0.2, 0.25) is 0 Å².